The number of hydrogen-bond donors (Lipinski definition) is 3. The lowest BCUT2D eigenvalue weighted by Gasteiger charge is -2.14. The van der Waals surface area contributed by atoms with Crippen LogP contribution in [0.25, 0.3) is 0 Å². The fourth-order valence-electron chi connectivity index (χ4n) is 1.96. The topological polar surface area (TPSA) is 83.1 Å². The third kappa shape index (κ3) is 5.88. The van der Waals surface area contributed by atoms with E-state index < -0.39 is 0 Å². The number of hydrogen-bond acceptors (Lipinski definition) is 4. The molecule has 1 atom stereocenters. The van der Waals surface area contributed by atoms with Crippen LogP contribution in [0.15, 0.2) is 54.9 Å². The molecule has 1 heterocycles. The summed E-state index contributed by atoms with van der Waals surface area (Å²) in [6.45, 7) is 2.32. The van der Waals surface area contributed by atoms with Crippen molar-refractivity contribution in [3.8, 4) is 0 Å². The number of nitrogens with zero attached hydrogens (tertiary/aromatic N) is 1. The van der Waals surface area contributed by atoms with E-state index in [1.165, 1.54) is 0 Å². The summed E-state index contributed by atoms with van der Waals surface area (Å²) in [6.07, 6.45) is 3.37. The Balaban J connectivity index is 1.69. The van der Waals surface area contributed by atoms with Crippen LogP contribution in [0.3, 0.4) is 0 Å². The van der Waals surface area contributed by atoms with Crippen LogP contribution in [0.5, 0.6) is 0 Å². The van der Waals surface area contributed by atoms with E-state index in [0.717, 1.165) is 5.56 Å². The lowest BCUT2D eigenvalue weighted by molar-refractivity contribution is -0.121. The van der Waals surface area contributed by atoms with E-state index in [2.05, 4.69) is 21.2 Å². The maximum atomic E-state index is 11.9. The van der Waals surface area contributed by atoms with Crippen molar-refractivity contribution in [2.75, 3.05) is 0 Å². The summed E-state index contributed by atoms with van der Waals surface area (Å²) in [5, 5.41) is 2.85. The maximum Gasteiger partial charge on any atom is 0.265 e. The van der Waals surface area contributed by atoms with Gasteiger partial charge in [-0.1, -0.05) is 30.3 Å². The molecule has 1 aromatic heterocycles. The molecule has 2 aromatic rings. The molecule has 1 aromatic carbocycles. The fourth-order valence-corrected chi connectivity index (χ4v) is 1.96. The van der Waals surface area contributed by atoms with Gasteiger partial charge in [-0.3, -0.25) is 20.0 Å². The number of carbonyl (C=O) groups is 2. The van der Waals surface area contributed by atoms with E-state index in [0.29, 0.717) is 12.1 Å². The summed E-state index contributed by atoms with van der Waals surface area (Å²) in [7, 11) is 0. The van der Waals surface area contributed by atoms with Crippen molar-refractivity contribution in [1.29, 1.82) is 0 Å². The average molecular weight is 312 g/mol. The van der Waals surface area contributed by atoms with E-state index in [4.69, 9.17) is 0 Å². The quantitative estimate of drug-likeness (QED) is 0.675. The van der Waals surface area contributed by atoms with E-state index in [9.17, 15) is 9.59 Å². The van der Waals surface area contributed by atoms with Gasteiger partial charge in [0.2, 0.25) is 5.91 Å². The standard InChI is InChI=1S/C17H20N4O2/c1-13(20-21-17(23)15-7-9-18-10-8-15)11-16(22)19-12-14-5-3-2-4-6-14/h2-10,13,20H,11-12H2,1H3,(H,19,22)(H,21,23). The zero-order valence-electron chi connectivity index (χ0n) is 13.0. The first-order valence-corrected chi connectivity index (χ1v) is 7.41. The Hall–Kier alpha value is -2.73. The Morgan fingerprint density at radius 1 is 1.09 bits per heavy atom. The number of benzene rings is 1. The summed E-state index contributed by atoms with van der Waals surface area (Å²) < 4.78 is 0. The molecular formula is C17H20N4O2. The maximum absolute atomic E-state index is 11.9. The molecule has 0 aliphatic heterocycles. The second-order valence-corrected chi connectivity index (χ2v) is 5.20. The molecule has 0 bridgehead atoms. The van der Waals surface area contributed by atoms with Crippen LogP contribution in [0.2, 0.25) is 0 Å². The third-order valence-corrected chi connectivity index (χ3v) is 3.20. The van der Waals surface area contributed by atoms with E-state index in [1.807, 2.05) is 37.3 Å². The lowest BCUT2D eigenvalue weighted by Crippen LogP contribution is -2.44. The Labute approximate surface area is 135 Å². The van der Waals surface area contributed by atoms with Crippen molar-refractivity contribution < 1.29 is 9.59 Å². The van der Waals surface area contributed by atoms with Gasteiger partial charge in [0, 0.05) is 37.0 Å². The average Bonchev–Trinajstić information content (AvgIpc) is 2.59. The van der Waals surface area contributed by atoms with Gasteiger partial charge in [0.1, 0.15) is 0 Å². The first-order chi connectivity index (χ1) is 11.1. The zero-order valence-corrected chi connectivity index (χ0v) is 13.0. The number of pyridine rings is 1. The summed E-state index contributed by atoms with van der Waals surface area (Å²) in [5.74, 6) is -0.337. The van der Waals surface area contributed by atoms with Gasteiger partial charge in [-0.05, 0) is 24.6 Å². The minimum atomic E-state index is -0.260. The van der Waals surface area contributed by atoms with Gasteiger partial charge in [-0.15, -0.1) is 0 Å². The summed E-state index contributed by atoms with van der Waals surface area (Å²) in [5.41, 5.74) is 6.97. The Kier molecular flexibility index (Phi) is 6.26. The van der Waals surface area contributed by atoms with Gasteiger partial charge in [0.05, 0.1) is 0 Å². The van der Waals surface area contributed by atoms with Crippen molar-refractivity contribution in [3.63, 3.8) is 0 Å². The van der Waals surface area contributed by atoms with Gasteiger partial charge >= 0.3 is 0 Å². The number of carbonyl (C=O) groups excluding carboxylic acids is 2. The van der Waals surface area contributed by atoms with Crippen LogP contribution in [-0.4, -0.2) is 22.8 Å². The molecule has 0 fully saturated rings. The molecular weight excluding hydrogens is 292 g/mol. The highest BCUT2D eigenvalue weighted by Gasteiger charge is 2.10. The van der Waals surface area contributed by atoms with E-state index in [-0.39, 0.29) is 24.3 Å². The Bertz CT molecular complexity index is 632. The minimum absolute atomic E-state index is 0.0768. The molecule has 0 saturated carbocycles. The molecule has 3 N–H and O–H groups in total. The van der Waals surface area contributed by atoms with E-state index >= 15 is 0 Å². The van der Waals surface area contributed by atoms with Crippen LogP contribution < -0.4 is 16.2 Å². The normalized spacial score (nSPS) is 11.5. The van der Waals surface area contributed by atoms with Gasteiger partial charge in [0.15, 0.2) is 0 Å². The molecule has 120 valence electrons. The first kappa shape index (κ1) is 16.6. The molecule has 0 saturated heterocycles. The van der Waals surface area contributed by atoms with Gasteiger partial charge in [-0.25, -0.2) is 5.43 Å². The third-order valence-electron chi connectivity index (χ3n) is 3.20. The molecule has 0 radical (unpaired) electrons. The molecule has 2 rings (SSSR count). The molecule has 0 spiro atoms. The Morgan fingerprint density at radius 3 is 2.48 bits per heavy atom. The van der Waals surface area contributed by atoms with Crippen LogP contribution in [-0.2, 0) is 11.3 Å². The van der Waals surface area contributed by atoms with Gasteiger partial charge in [-0.2, -0.15) is 0 Å². The van der Waals surface area contributed by atoms with Gasteiger partial charge < -0.3 is 5.32 Å². The number of nitrogens with one attached hydrogen (secondary N) is 3. The zero-order chi connectivity index (χ0) is 16.5. The highest BCUT2D eigenvalue weighted by atomic mass is 16.2. The number of hydrazine groups is 1. The molecule has 0 aliphatic carbocycles. The highest BCUT2D eigenvalue weighted by Crippen LogP contribution is 1.99. The molecule has 0 aliphatic rings. The van der Waals surface area contributed by atoms with Crippen molar-refractivity contribution in [2.45, 2.75) is 25.9 Å². The second-order valence-electron chi connectivity index (χ2n) is 5.20. The smallest absolute Gasteiger partial charge is 0.265 e. The van der Waals surface area contributed by atoms with Crippen LogP contribution in [0, 0.1) is 0 Å². The largest absolute Gasteiger partial charge is 0.352 e. The minimum Gasteiger partial charge on any atom is -0.352 e. The van der Waals surface area contributed by atoms with Crippen molar-refractivity contribution >= 4 is 11.8 Å². The van der Waals surface area contributed by atoms with Crippen molar-refractivity contribution in [2.24, 2.45) is 0 Å². The van der Waals surface area contributed by atoms with Crippen LogP contribution in [0.1, 0.15) is 29.3 Å². The van der Waals surface area contributed by atoms with Crippen molar-refractivity contribution in [1.82, 2.24) is 21.2 Å². The second kappa shape index (κ2) is 8.65. The fraction of sp³-hybridized carbons (Fsp3) is 0.235. The molecule has 2 amide bonds. The highest BCUT2D eigenvalue weighted by molar-refractivity contribution is 5.93. The Morgan fingerprint density at radius 2 is 1.78 bits per heavy atom. The predicted octanol–water partition coefficient (Wildman–Crippen LogP) is 1.41. The van der Waals surface area contributed by atoms with Crippen LogP contribution >= 0.6 is 0 Å². The molecule has 23 heavy (non-hydrogen) atoms. The summed E-state index contributed by atoms with van der Waals surface area (Å²) in [6, 6.07) is 12.8. The van der Waals surface area contributed by atoms with Crippen LogP contribution in [0.4, 0.5) is 0 Å². The van der Waals surface area contributed by atoms with Gasteiger partial charge in [0.25, 0.3) is 5.91 Å². The van der Waals surface area contributed by atoms with Crippen molar-refractivity contribution in [3.05, 3.63) is 66.0 Å². The SMILES string of the molecule is CC(CC(=O)NCc1ccccc1)NNC(=O)c1ccncc1. The monoisotopic (exact) mass is 312 g/mol. The predicted molar refractivity (Wildman–Crippen MR) is 87.2 cm³/mol. The number of aromatic nitrogens is 1. The first-order valence-electron chi connectivity index (χ1n) is 7.41. The summed E-state index contributed by atoms with van der Waals surface area (Å²) >= 11 is 0. The molecule has 6 heteroatoms. The van der Waals surface area contributed by atoms with E-state index in [1.54, 1.807) is 24.5 Å². The number of amides is 2. The summed E-state index contributed by atoms with van der Waals surface area (Å²) in [4.78, 5) is 27.6. The molecule has 6 nitrogen and oxygen atoms in total. The molecule has 1 unspecified atom stereocenters. The lowest BCUT2D eigenvalue weighted by atomic mass is 10.2. The number of rotatable bonds is 7.